The number of carboxylic acids is 1. The van der Waals surface area contributed by atoms with E-state index in [0.29, 0.717) is 6.42 Å². The lowest BCUT2D eigenvalue weighted by atomic mass is 9.98. The minimum Gasteiger partial charge on any atom is -0.481 e. The van der Waals surface area contributed by atoms with Crippen LogP contribution in [0.1, 0.15) is 142 Å². The van der Waals surface area contributed by atoms with Crippen LogP contribution in [0, 0.1) is 5.92 Å². The van der Waals surface area contributed by atoms with E-state index in [-0.39, 0.29) is 13.0 Å². The van der Waals surface area contributed by atoms with E-state index in [9.17, 15) is 14.7 Å². The van der Waals surface area contributed by atoms with Crippen LogP contribution >= 0.6 is 0 Å². The van der Waals surface area contributed by atoms with Crippen LogP contribution in [0.4, 0.5) is 0 Å². The average Bonchev–Trinajstić information content (AvgIpc) is 2.82. The zero-order chi connectivity index (χ0) is 25.1. The van der Waals surface area contributed by atoms with Crippen LogP contribution in [0.5, 0.6) is 0 Å². The van der Waals surface area contributed by atoms with Gasteiger partial charge in [0.05, 0.1) is 12.3 Å². The van der Waals surface area contributed by atoms with E-state index in [4.69, 9.17) is 4.74 Å². The summed E-state index contributed by atoms with van der Waals surface area (Å²) in [5.41, 5.74) is 0. The van der Waals surface area contributed by atoms with E-state index in [2.05, 4.69) is 25.7 Å². The summed E-state index contributed by atoms with van der Waals surface area (Å²) in [6, 6.07) is 0. The van der Waals surface area contributed by atoms with Crippen LogP contribution < -0.4 is 0 Å². The zero-order valence-electron chi connectivity index (χ0n) is 22.2. The number of unbranched alkanes of at least 4 members (excludes halogenated alkanes) is 17. The number of carboxylic acid groups (broad SMARTS) is 1. The molecular weight excluding hydrogens is 424 g/mol. The van der Waals surface area contributed by atoms with Crippen LogP contribution in [-0.2, 0) is 14.3 Å². The molecule has 1 atom stereocenters. The van der Waals surface area contributed by atoms with Crippen LogP contribution in [0.15, 0.2) is 24.8 Å². The van der Waals surface area contributed by atoms with Gasteiger partial charge in [-0.25, -0.2) is 0 Å². The first-order chi connectivity index (χ1) is 16.6. The van der Waals surface area contributed by atoms with Crippen molar-refractivity contribution in [2.24, 2.45) is 5.92 Å². The summed E-state index contributed by atoms with van der Waals surface area (Å²) < 4.78 is 4.89. The van der Waals surface area contributed by atoms with Crippen molar-refractivity contribution in [2.45, 2.75) is 142 Å². The van der Waals surface area contributed by atoms with E-state index in [1.54, 1.807) is 0 Å². The van der Waals surface area contributed by atoms with E-state index >= 15 is 0 Å². The highest BCUT2D eigenvalue weighted by Gasteiger charge is 2.21. The molecule has 0 aromatic rings. The molecule has 0 spiro atoms. The van der Waals surface area contributed by atoms with Crippen LogP contribution in [-0.4, -0.2) is 23.7 Å². The van der Waals surface area contributed by atoms with Crippen molar-refractivity contribution < 1.29 is 19.4 Å². The largest absolute Gasteiger partial charge is 0.481 e. The lowest BCUT2D eigenvalue weighted by Gasteiger charge is -2.11. The van der Waals surface area contributed by atoms with Gasteiger partial charge in [-0.3, -0.25) is 9.59 Å². The molecular formula is C30H54O4. The fraction of sp³-hybridized carbons (Fsp3) is 0.800. The number of ether oxygens (including phenoxy) is 1. The van der Waals surface area contributed by atoms with Gasteiger partial charge in [0.2, 0.25) is 0 Å². The van der Waals surface area contributed by atoms with E-state index in [1.165, 1.54) is 102 Å². The Hall–Kier alpha value is -1.58. The molecule has 1 unspecified atom stereocenters. The smallest absolute Gasteiger partial charge is 0.307 e. The first-order valence-corrected chi connectivity index (χ1v) is 14.3. The molecule has 0 aliphatic rings. The van der Waals surface area contributed by atoms with Crippen LogP contribution in [0.2, 0.25) is 0 Å². The van der Waals surface area contributed by atoms with Gasteiger partial charge in [0.25, 0.3) is 0 Å². The molecule has 0 aromatic carbocycles. The summed E-state index contributed by atoms with van der Waals surface area (Å²) in [6.07, 6.45) is 31.2. The predicted octanol–water partition coefficient (Wildman–Crippen LogP) is 9.18. The fourth-order valence-electron chi connectivity index (χ4n) is 4.25. The Kier molecular flexibility index (Phi) is 24.8. The first-order valence-electron chi connectivity index (χ1n) is 14.3. The van der Waals surface area contributed by atoms with Gasteiger partial charge in [-0.2, -0.15) is 0 Å². The van der Waals surface area contributed by atoms with Gasteiger partial charge in [-0.05, 0) is 32.1 Å². The molecule has 0 fully saturated rings. The van der Waals surface area contributed by atoms with Gasteiger partial charge in [0, 0.05) is 0 Å². The number of hydrogen-bond donors (Lipinski definition) is 1. The molecule has 1 N–H and O–H groups in total. The summed E-state index contributed by atoms with van der Waals surface area (Å²) in [6.45, 7) is 5.89. The third-order valence-electron chi connectivity index (χ3n) is 6.44. The molecule has 34 heavy (non-hydrogen) atoms. The lowest BCUT2D eigenvalue weighted by Crippen LogP contribution is -2.19. The summed E-state index contributed by atoms with van der Waals surface area (Å²) in [7, 11) is 0. The second-order valence-electron chi connectivity index (χ2n) is 9.71. The van der Waals surface area contributed by atoms with Crippen molar-refractivity contribution in [1.82, 2.24) is 0 Å². The number of esters is 1. The Balaban J connectivity index is 3.42. The molecule has 4 heteroatoms. The average molecular weight is 479 g/mol. The van der Waals surface area contributed by atoms with Gasteiger partial charge in [0.15, 0.2) is 0 Å². The quantitative estimate of drug-likeness (QED) is 0.0764. The second kappa shape index (κ2) is 26.0. The molecule has 0 aliphatic heterocycles. The topological polar surface area (TPSA) is 63.6 Å². The Bertz CT molecular complexity index is 512. The van der Waals surface area contributed by atoms with Crippen LogP contribution in [0.25, 0.3) is 0 Å². The third-order valence-corrected chi connectivity index (χ3v) is 6.44. The number of hydrogen-bond acceptors (Lipinski definition) is 3. The summed E-state index contributed by atoms with van der Waals surface area (Å²) >= 11 is 0. The number of allylic oxidation sites excluding steroid dienone is 2. The van der Waals surface area contributed by atoms with E-state index < -0.39 is 17.9 Å². The fourth-order valence-corrected chi connectivity index (χ4v) is 4.25. The Morgan fingerprint density at radius 2 is 1.18 bits per heavy atom. The minimum absolute atomic E-state index is 0.0573. The molecule has 0 bridgehead atoms. The SMILES string of the molecule is C=CCOC(=O)CC(CCCC/C=C/CCCCCCCCCCCCCCCCC)C(=O)O. The maximum absolute atomic E-state index is 11.6. The van der Waals surface area contributed by atoms with Gasteiger partial charge in [-0.15, -0.1) is 0 Å². The lowest BCUT2D eigenvalue weighted by molar-refractivity contribution is -0.151. The van der Waals surface area contributed by atoms with E-state index in [0.717, 1.165) is 25.7 Å². The first kappa shape index (κ1) is 32.4. The molecule has 198 valence electrons. The standard InChI is InChI=1S/C30H54O4/c1-3-5-6-7-8-9-10-11-12-13-14-15-16-17-18-19-20-21-22-23-24-25-28(30(32)33)27-29(31)34-26-4-2/h4,20-21,28H,2-3,5-19,22-27H2,1H3,(H,32,33)/b21-20+. The summed E-state index contributed by atoms with van der Waals surface area (Å²) in [5.74, 6) is -2.03. The molecule has 0 amide bonds. The van der Waals surface area contributed by atoms with Crippen molar-refractivity contribution in [1.29, 1.82) is 0 Å². The monoisotopic (exact) mass is 478 g/mol. The zero-order valence-corrected chi connectivity index (χ0v) is 22.2. The molecule has 0 radical (unpaired) electrons. The molecule has 0 aromatic heterocycles. The van der Waals surface area contributed by atoms with Gasteiger partial charge in [0.1, 0.15) is 6.61 Å². The van der Waals surface area contributed by atoms with Gasteiger partial charge >= 0.3 is 11.9 Å². The normalized spacial score (nSPS) is 12.1. The highest BCUT2D eigenvalue weighted by atomic mass is 16.5. The number of rotatable bonds is 26. The third kappa shape index (κ3) is 23.6. The highest BCUT2D eigenvalue weighted by molar-refractivity contribution is 5.78. The maximum atomic E-state index is 11.6. The van der Waals surface area contributed by atoms with Gasteiger partial charge in [-0.1, -0.05) is 128 Å². The summed E-state index contributed by atoms with van der Waals surface area (Å²) in [4.78, 5) is 22.9. The summed E-state index contributed by atoms with van der Waals surface area (Å²) in [5, 5.41) is 9.27. The molecule has 0 heterocycles. The Morgan fingerprint density at radius 1 is 0.735 bits per heavy atom. The van der Waals surface area contributed by atoms with Gasteiger partial charge < -0.3 is 9.84 Å². The minimum atomic E-state index is -0.917. The van der Waals surface area contributed by atoms with Crippen LogP contribution in [0.3, 0.4) is 0 Å². The number of aliphatic carboxylic acids is 1. The van der Waals surface area contributed by atoms with Crippen molar-refractivity contribution in [3.63, 3.8) is 0 Å². The maximum Gasteiger partial charge on any atom is 0.307 e. The molecule has 0 saturated heterocycles. The second-order valence-corrected chi connectivity index (χ2v) is 9.71. The Labute approximate surface area is 210 Å². The molecule has 0 rings (SSSR count). The Morgan fingerprint density at radius 3 is 1.62 bits per heavy atom. The number of carbonyl (C=O) groups excluding carboxylic acids is 1. The van der Waals surface area contributed by atoms with Crippen molar-refractivity contribution in [3.05, 3.63) is 24.8 Å². The van der Waals surface area contributed by atoms with Crippen molar-refractivity contribution in [3.8, 4) is 0 Å². The predicted molar refractivity (Wildman–Crippen MR) is 144 cm³/mol. The highest BCUT2D eigenvalue weighted by Crippen LogP contribution is 2.16. The van der Waals surface area contributed by atoms with E-state index in [1.807, 2.05) is 0 Å². The number of carbonyl (C=O) groups is 2. The molecule has 4 nitrogen and oxygen atoms in total. The molecule has 0 aliphatic carbocycles. The molecule has 0 saturated carbocycles. The van der Waals surface area contributed by atoms with Crippen molar-refractivity contribution in [2.75, 3.05) is 6.61 Å². The van der Waals surface area contributed by atoms with Crippen molar-refractivity contribution >= 4 is 11.9 Å².